The second-order valence-electron chi connectivity index (χ2n) is 6.38. The van der Waals surface area contributed by atoms with Crippen LogP contribution in [0.1, 0.15) is 24.4 Å². The fourth-order valence-electron chi connectivity index (χ4n) is 3.43. The average Bonchev–Trinajstić information content (AvgIpc) is 3.17. The van der Waals surface area contributed by atoms with Crippen molar-refractivity contribution >= 4 is 10.0 Å². The van der Waals surface area contributed by atoms with Gasteiger partial charge < -0.3 is 14.2 Å². The molecule has 0 amide bonds. The van der Waals surface area contributed by atoms with Crippen LogP contribution >= 0.6 is 0 Å². The first-order valence-corrected chi connectivity index (χ1v) is 10.2. The van der Waals surface area contributed by atoms with Crippen LogP contribution in [0.5, 0.6) is 17.2 Å². The van der Waals surface area contributed by atoms with E-state index in [0.717, 1.165) is 12.1 Å². The lowest BCUT2D eigenvalue weighted by molar-refractivity contribution is -0.275. The number of hydrogen-bond donors (Lipinski definition) is 0. The van der Waals surface area contributed by atoms with Crippen LogP contribution < -0.4 is 14.2 Å². The third kappa shape index (κ3) is 4.43. The van der Waals surface area contributed by atoms with Crippen molar-refractivity contribution in [1.29, 1.82) is 0 Å². The molecule has 1 heterocycles. The van der Waals surface area contributed by atoms with Crippen molar-refractivity contribution in [2.45, 2.75) is 30.1 Å². The van der Waals surface area contributed by atoms with Crippen LogP contribution in [-0.2, 0) is 10.0 Å². The van der Waals surface area contributed by atoms with E-state index < -0.39 is 33.1 Å². The van der Waals surface area contributed by atoms with Crippen LogP contribution in [0.3, 0.4) is 0 Å². The molecular formula is C19H20F3NO5S. The van der Waals surface area contributed by atoms with Gasteiger partial charge in [0.25, 0.3) is 0 Å². The van der Waals surface area contributed by atoms with Crippen molar-refractivity contribution < 1.29 is 35.8 Å². The van der Waals surface area contributed by atoms with E-state index in [1.54, 1.807) is 18.2 Å². The minimum Gasteiger partial charge on any atom is -0.497 e. The molecule has 0 N–H and O–H groups in total. The van der Waals surface area contributed by atoms with Gasteiger partial charge in [-0.2, -0.15) is 4.31 Å². The van der Waals surface area contributed by atoms with E-state index in [0.29, 0.717) is 29.9 Å². The molecule has 1 saturated heterocycles. The molecule has 3 rings (SSSR count). The van der Waals surface area contributed by atoms with Gasteiger partial charge in [0.05, 0.1) is 20.3 Å². The Hall–Kier alpha value is -2.46. The van der Waals surface area contributed by atoms with Crippen molar-refractivity contribution in [1.82, 2.24) is 4.31 Å². The Morgan fingerprint density at radius 2 is 1.76 bits per heavy atom. The van der Waals surface area contributed by atoms with Crippen molar-refractivity contribution in [3.8, 4) is 17.2 Å². The summed E-state index contributed by atoms with van der Waals surface area (Å²) >= 11 is 0. The summed E-state index contributed by atoms with van der Waals surface area (Å²) in [6, 6.07) is 9.18. The lowest BCUT2D eigenvalue weighted by atomic mass is 10.0. The molecule has 2 aromatic carbocycles. The summed E-state index contributed by atoms with van der Waals surface area (Å²) < 4.78 is 80.4. The summed E-state index contributed by atoms with van der Waals surface area (Å²) in [6.45, 7) is 0.169. The van der Waals surface area contributed by atoms with Gasteiger partial charge in [0.1, 0.15) is 22.1 Å². The van der Waals surface area contributed by atoms with Crippen molar-refractivity contribution in [2.24, 2.45) is 0 Å². The van der Waals surface area contributed by atoms with Crippen molar-refractivity contribution in [3.63, 3.8) is 0 Å². The van der Waals surface area contributed by atoms with Crippen LogP contribution in [0.25, 0.3) is 0 Å². The highest BCUT2D eigenvalue weighted by Gasteiger charge is 2.40. The largest absolute Gasteiger partial charge is 0.573 e. The van der Waals surface area contributed by atoms with Gasteiger partial charge in [-0.1, -0.05) is 18.2 Å². The van der Waals surface area contributed by atoms with Crippen LogP contribution in [0, 0.1) is 0 Å². The molecule has 1 aliphatic rings. The monoisotopic (exact) mass is 431 g/mol. The Bertz CT molecular complexity index is 978. The first-order chi connectivity index (χ1) is 13.7. The molecule has 0 unspecified atom stereocenters. The molecule has 0 bridgehead atoms. The van der Waals surface area contributed by atoms with Gasteiger partial charge in [0.2, 0.25) is 10.0 Å². The van der Waals surface area contributed by atoms with Gasteiger partial charge in [-0.05, 0) is 31.0 Å². The molecule has 0 aromatic heterocycles. The quantitative estimate of drug-likeness (QED) is 0.688. The molecule has 1 atom stereocenters. The molecule has 29 heavy (non-hydrogen) atoms. The lowest BCUT2D eigenvalue weighted by Crippen LogP contribution is -2.31. The zero-order valence-corrected chi connectivity index (χ0v) is 16.6. The molecule has 1 fully saturated rings. The summed E-state index contributed by atoms with van der Waals surface area (Å²) in [5.74, 6) is 0.227. The zero-order chi connectivity index (χ0) is 21.2. The number of hydrogen-bond acceptors (Lipinski definition) is 5. The van der Waals surface area contributed by atoms with Gasteiger partial charge in [-0.3, -0.25) is 0 Å². The molecule has 0 saturated carbocycles. The summed E-state index contributed by atoms with van der Waals surface area (Å²) in [5.41, 5.74) is 0.614. The van der Waals surface area contributed by atoms with E-state index >= 15 is 0 Å². The Morgan fingerprint density at radius 1 is 1.03 bits per heavy atom. The minimum absolute atomic E-state index is 0.169. The molecule has 6 nitrogen and oxygen atoms in total. The van der Waals surface area contributed by atoms with E-state index in [4.69, 9.17) is 9.47 Å². The number of rotatable bonds is 6. The number of methoxy groups -OCH3 is 2. The number of halogens is 3. The maximum atomic E-state index is 13.3. The Morgan fingerprint density at radius 3 is 2.41 bits per heavy atom. The maximum absolute atomic E-state index is 13.3. The highest BCUT2D eigenvalue weighted by molar-refractivity contribution is 7.89. The lowest BCUT2D eigenvalue weighted by Gasteiger charge is -2.26. The summed E-state index contributed by atoms with van der Waals surface area (Å²) in [6.07, 6.45) is -3.94. The Kier molecular flexibility index (Phi) is 5.95. The average molecular weight is 431 g/mol. The van der Waals surface area contributed by atoms with Crippen molar-refractivity contribution in [2.75, 3.05) is 20.8 Å². The van der Waals surface area contributed by atoms with Crippen LogP contribution in [0.2, 0.25) is 0 Å². The molecule has 2 aromatic rings. The van der Waals surface area contributed by atoms with Gasteiger partial charge in [0.15, 0.2) is 0 Å². The summed E-state index contributed by atoms with van der Waals surface area (Å²) in [5, 5.41) is 0. The smallest absolute Gasteiger partial charge is 0.497 e. The second-order valence-corrected chi connectivity index (χ2v) is 8.24. The highest BCUT2D eigenvalue weighted by atomic mass is 32.2. The number of ether oxygens (including phenoxy) is 3. The third-order valence-electron chi connectivity index (χ3n) is 4.66. The molecule has 10 heteroatoms. The van der Waals surface area contributed by atoms with E-state index in [9.17, 15) is 21.6 Å². The number of alkyl halides is 3. The molecule has 0 spiro atoms. The van der Waals surface area contributed by atoms with E-state index in [-0.39, 0.29) is 6.54 Å². The predicted molar refractivity (Wildman–Crippen MR) is 98.5 cm³/mol. The maximum Gasteiger partial charge on any atom is 0.573 e. The second kappa shape index (κ2) is 8.11. The van der Waals surface area contributed by atoms with Gasteiger partial charge in [0, 0.05) is 18.2 Å². The Labute approximate surface area is 166 Å². The van der Waals surface area contributed by atoms with E-state index in [1.165, 1.54) is 30.7 Å². The molecule has 1 aliphatic heterocycles. The van der Waals surface area contributed by atoms with Crippen LogP contribution in [-0.4, -0.2) is 39.8 Å². The van der Waals surface area contributed by atoms with Crippen molar-refractivity contribution in [3.05, 3.63) is 48.0 Å². The standard InChI is InChI=1S/C19H20F3NO5S/c1-26-13-9-10-14(17(12-13)27-2)15-6-5-11-23(15)29(24,25)18-8-4-3-7-16(18)28-19(20,21)22/h3-4,7-10,12,15H,5-6,11H2,1-2H3/t15-/m1/s1. The van der Waals surface area contributed by atoms with Crippen LogP contribution in [0.15, 0.2) is 47.4 Å². The number of para-hydroxylation sites is 1. The minimum atomic E-state index is -5.00. The van der Waals surface area contributed by atoms with Gasteiger partial charge in [-0.15, -0.1) is 13.2 Å². The molecular weight excluding hydrogens is 411 g/mol. The highest BCUT2D eigenvalue weighted by Crippen LogP contribution is 2.43. The Balaban J connectivity index is 2.02. The zero-order valence-electron chi connectivity index (χ0n) is 15.8. The van der Waals surface area contributed by atoms with Gasteiger partial charge >= 0.3 is 6.36 Å². The molecule has 158 valence electrons. The molecule has 0 radical (unpaired) electrons. The fraction of sp³-hybridized carbons (Fsp3) is 0.368. The SMILES string of the molecule is COc1ccc([C@H]2CCCN2S(=O)(=O)c2ccccc2OC(F)(F)F)c(OC)c1. The topological polar surface area (TPSA) is 65.1 Å². The number of nitrogens with zero attached hydrogens (tertiary/aromatic N) is 1. The molecule has 0 aliphatic carbocycles. The first kappa shape index (κ1) is 21.3. The normalized spacial score (nSPS) is 17.9. The number of benzene rings is 2. The first-order valence-electron chi connectivity index (χ1n) is 8.76. The summed E-state index contributed by atoms with van der Waals surface area (Å²) in [4.78, 5) is -0.531. The third-order valence-corrected chi connectivity index (χ3v) is 6.61. The number of sulfonamides is 1. The predicted octanol–water partition coefficient (Wildman–Crippen LogP) is 4.13. The van der Waals surface area contributed by atoms with Crippen LogP contribution in [0.4, 0.5) is 13.2 Å². The fourth-order valence-corrected chi connectivity index (χ4v) is 5.22. The van der Waals surface area contributed by atoms with E-state index in [1.807, 2.05) is 0 Å². The van der Waals surface area contributed by atoms with E-state index in [2.05, 4.69) is 4.74 Å². The van der Waals surface area contributed by atoms with Gasteiger partial charge in [-0.25, -0.2) is 8.42 Å². The summed E-state index contributed by atoms with van der Waals surface area (Å²) in [7, 11) is -1.30.